The van der Waals surface area contributed by atoms with Crippen molar-refractivity contribution >= 4 is 27.3 Å². The van der Waals surface area contributed by atoms with Crippen LogP contribution in [0.4, 0.5) is 5.69 Å². The Hall–Kier alpha value is -1.90. The fourth-order valence-corrected chi connectivity index (χ4v) is 6.54. The first kappa shape index (κ1) is 23.8. The number of allylic oxidation sites excluding steroid dienone is 5. The Kier molecular flexibility index (Phi) is 7.00. The first-order valence-electron chi connectivity index (χ1n) is 12.1. The van der Waals surface area contributed by atoms with Gasteiger partial charge < -0.3 is 0 Å². The standard InChI is InChI=1S/C26H33ClN4O2S/c1-34(32,33)30-17-14-24(19-30)29-15-12-21(13-16-29)26-18-25(20-6-5-7-22(27)11-10-20)28-31(26)23-8-3-2-4-9-23/h2-4,6-11,18,21,24-25,28H,5,12-17,19H2,1H3. The molecule has 3 heterocycles. The Morgan fingerprint density at radius 1 is 1.00 bits per heavy atom. The molecule has 0 bridgehead atoms. The van der Waals surface area contributed by atoms with Crippen molar-refractivity contribution in [1.82, 2.24) is 14.6 Å². The van der Waals surface area contributed by atoms with Crippen LogP contribution >= 0.6 is 11.6 Å². The Bertz CT molecular complexity index is 1120. The second kappa shape index (κ2) is 9.99. The third-order valence-electron chi connectivity index (χ3n) is 7.40. The number of hydrogen-bond donors (Lipinski definition) is 1. The van der Waals surface area contributed by atoms with Gasteiger partial charge in [-0.15, -0.1) is 0 Å². The van der Waals surface area contributed by atoms with Gasteiger partial charge in [0.05, 0.1) is 18.0 Å². The van der Waals surface area contributed by atoms with Crippen LogP contribution in [0.5, 0.6) is 0 Å². The molecule has 1 aromatic carbocycles. The lowest BCUT2D eigenvalue weighted by Gasteiger charge is -2.38. The highest BCUT2D eigenvalue weighted by atomic mass is 35.5. The molecular formula is C26H33ClN4O2S. The van der Waals surface area contributed by atoms with E-state index in [-0.39, 0.29) is 6.04 Å². The van der Waals surface area contributed by atoms with Gasteiger partial charge in [-0.1, -0.05) is 48.0 Å². The molecule has 1 N–H and O–H groups in total. The molecule has 0 spiro atoms. The van der Waals surface area contributed by atoms with Gasteiger partial charge in [-0.25, -0.2) is 18.1 Å². The van der Waals surface area contributed by atoms with Crippen molar-refractivity contribution in [3.63, 3.8) is 0 Å². The summed E-state index contributed by atoms with van der Waals surface area (Å²) in [6.07, 6.45) is 16.0. The number of rotatable bonds is 5. The van der Waals surface area contributed by atoms with E-state index in [0.29, 0.717) is 25.0 Å². The van der Waals surface area contributed by atoms with Crippen LogP contribution < -0.4 is 10.4 Å². The summed E-state index contributed by atoms with van der Waals surface area (Å²) in [6.45, 7) is 3.27. The molecule has 1 aliphatic carbocycles. The van der Waals surface area contributed by atoms with Crippen molar-refractivity contribution in [2.75, 3.05) is 37.4 Å². The smallest absolute Gasteiger partial charge is 0.211 e. The summed E-state index contributed by atoms with van der Waals surface area (Å²) in [7, 11) is -3.10. The molecule has 0 amide bonds. The highest BCUT2D eigenvalue weighted by molar-refractivity contribution is 7.88. The summed E-state index contributed by atoms with van der Waals surface area (Å²) in [4.78, 5) is 2.50. The summed E-state index contributed by atoms with van der Waals surface area (Å²) in [6, 6.07) is 10.9. The van der Waals surface area contributed by atoms with Gasteiger partial charge >= 0.3 is 0 Å². The van der Waals surface area contributed by atoms with Crippen LogP contribution in [0.15, 0.2) is 77.0 Å². The van der Waals surface area contributed by atoms with E-state index in [2.05, 4.69) is 57.8 Å². The minimum Gasteiger partial charge on any atom is -0.299 e. The van der Waals surface area contributed by atoms with Crippen LogP contribution in [-0.2, 0) is 10.0 Å². The van der Waals surface area contributed by atoms with Gasteiger partial charge in [-0.3, -0.25) is 9.91 Å². The lowest BCUT2D eigenvalue weighted by molar-refractivity contribution is 0.147. The molecule has 3 aliphatic heterocycles. The predicted octanol–water partition coefficient (Wildman–Crippen LogP) is 4.02. The zero-order valence-electron chi connectivity index (χ0n) is 19.6. The number of piperidine rings is 1. The quantitative estimate of drug-likeness (QED) is 0.661. The van der Waals surface area contributed by atoms with Gasteiger partial charge in [0.1, 0.15) is 0 Å². The van der Waals surface area contributed by atoms with Gasteiger partial charge in [0.2, 0.25) is 10.0 Å². The number of halogens is 1. The van der Waals surface area contributed by atoms with Crippen molar-refractivity contribution in [2.24, 2.45) is 5.92 Å². The summed E-state index contributed by atoms with van der Waals surface area (Å²) < 4.78 is 25.5. The number of likely N-dealkylation sites (tertiary alicyclic amines) is 1. The van der Waals surface area contributed by atoms with E-state index in [1.54, 1.807) is 4.31 Å². The van der Waals surface area contributed by atoms with E-state index in [4.69, 9.17) is 11.6 Å². The van der Waals surface area contributed by atoms with Crippen LogP contribution in [-0.4, -0.2) is 62.1 Å². The summed E-state index contributed by atoms with van der Waals surface area (Å²) in [5.41, 5.74) is 7.43. The molecule has 2 unspecified atom stereocenters. The average Bonchev–Trinajstić information content (AvgIpc) is 3.45. The van der Waals surface area contributed by atoms with E-state index in [1.165, 1.54) is 17.5 Å². The monoisotopic (exact) mass is 500 g/mol. The van der Waals surface area contributed by atoms with E-state index in [9.17, 15) is 8.42 Å². The lowest BCUT2D eigenvalue weighted by atomic mass is 9.91. The number of anilines is 1. The van der Waals surface area contributed by atoms with Crippen LogP contribution in [0.25, 0.3) is 0 Å². The number of benzene rings is 1. The SMILES string of the molecule is CS(=O)(=O)N1CCC(N2CCC(C3=CC(C4=CCC=C(Cl)C=C4)NN3c3ccccc3)CC2)C1. The molecule has 5 rings (SSSR count). The van der Waals surface area contributed by atoms with Crippen molar-refractivity contribution < 1.29 is 8.42 Å². The Morgan fingerprint density at radius 3 is 2.47 bits per heavy atom. The molecule has 0 aromatic heterocycles. The molecule has 6 nitrogen and oxygen atoms in total. The van der Waals surface area contributed by atoms with Gasteiger partial charge in [0.25, 0.3) is 0 Å². The number of para-hydroxylation sites is 1. The molecule has 2 atom stereocenters. The van der Waals surface area contributed by atoms with Crippen molar-refractivity contribution in [2.45, 2.75) is 37.8 Å². The van der Waals surface area contributed by atoms with Crippen LogP contribution in [0.2, 0.25) is 0 Å². The van der Waals surface area contributed by atoms with E-state index < -0.39 is 10.0 Å². The first-order valence-corrected chi connectivity index (χ1v) is 14.4. The molecule has 8 heteroatoms. The number of nitrogens with zero attached hydrogens (tertiary/aromatic N) is 3. The fourth-order valence-electron chi connectivity index (χ4n) is 5.51. The third kappa shape index (κ3) is 5.19. The molecule has 0 saturated carbocycles. The predicted molar refractivity (Wildman–Crippen MR) is 139 cm³/mol. The highest BCUT2D eigenvalue weighted by Crippen LogP contribution is 2.36. The molecule has 182 valence electrons. The Balaban J connectivity index is 1.30. The third-order valence-corrected chi connectivity index (χ3v) is 8.95. The summed E-state index contributed by atoms with van der Waals surface area (Å²) in [5, 5.41) is 3.04. The Labute approximate surface area is 208 Å². The topological polar surface area (TPSA) is 55.9 Å². The molecule has 1 aromatic rings. The minimum absolute atomic E-state index is 0.110. The van der Waals surface area contributed by atoms with Crippen molar-refractivity contribution in [1.29, 1.82) is 0 Å². The van der Waals surface area contributed by atoms with Gasteiger partial charge in [-0.05, 0) is 68.6 Å². The number of nitrogens with one attached hydrogen (secondary N) is 1. The number of hydrogen-bond acceptors (Lipinski definition) is 5. The molecule has 34 heavy (non-hydrogen) atoms. The molecule has 2 fully saturated rings. The summed E-state index contributed by atoms with van der Waals surface area (Å²) in [5.74, 6) is 0.457. The zero-order chi connectivity index (χ0) is 23.7. The maximum absolute atomic E-state index is 11.9. The van der Waals surface area contributed by atoms with Crippen LogP contribution in [0.3, 0.4) is 0 Å². The second-order valence-corrected chi connectivity index (χ2v) is 12.0. The van der Waals surface area contributed by atoms with Crippen LogP contribution in [0, 0.1) is 5.92 Å². The Morgan fingerprint density at radius 2 is 1.76 bits per heavy atom. The molecule has 2 saturated heterocycles. The minimum atomic E-state index is -3.10. The molecular weight excluding hydrogens is 468 g/mol. The van der Waals surface area contributed by atoms with Crippen molar-refractivity contribution in [3.8, 4) is 0 Å². The van der Waals surface area contributed by atoms with Gasteiger partial charge in [0, 0.05) is 35.8 Å². The van der Waals surface area contributed by atoms with E-state index in [1.807, 2.05) is 18.2 Å². The lowest BCUT2D eigenvalue weighted by Crippen LogP contribution is -2.45. The maximum Gasteiger partial charge on any atom is 0.211 e. The molecule has 4 aliphatic rings. The molecule has 0 radical (unpaired) electrons. The maximum atomic E-state index is 11.9. The number of sulfonamides is 1. The summed E-state index contributed by atoms with van der Waals surface area (Å²) >= 11 is 6.22. The highest BCUT2D eigenvalue weighted by Gasteiger charge is 2.37. The van der Waals surface area contributed by atoms with Gasteiger partial charge in [-0.2, -0.15) is 0 Å². The van der Waals surface area contributed by atoms with Crippen LogP contribution in [0.1, 0.15) is 25.7 Å². The number of hydrazine groups is 1. The second-order valence-electron chi connectivity index (χ2n) is 9.61. The van der Waals surface area contributed by atoms with Gasteiger partial charge in [0.15, 0.2) is 0 Å². The van der Waals surface area contributed by atoms with Crippen molar-refractivity contribution in [3.05, 3.63) is 77.0 Å². The van der Waals surface area contributed by atoms with E-state index >= 15 is 0 Å². The van der Waals surface area contributed by atoms with E-state index in [0.717, 1.165) is 49.5 Å². The first-order chi connectivity index (χ1) is 16.4. The largest absolute Gasteiger partial charge is 0.299 e. The normalized spacial score (nSPS) is 27.5. The fraction of sp³-hybridized carbons (Fsp3) is 0.462. The zero-order valence-corrected chi connectivity index (χ0v) is 21.2. The average molecular weight is 501 g/mol.